The smallest absolute Gasteiger partial charge is 0.325 e. The van der Waals surface area contributed by atoms with E-state index in [4.69, 9.17) is 4.74 Å². The lowest BCUT2D eigenvalue weighted by atomic mass is 9.90. The summed E-state index contributed by atoms with van der Waals surface area (Å²) in [6, 6.07) is 19.3. The van der Waals surface area contributed by atoms with Gasteiger partial charge < -0.3 is 15.2 Å². The average molecular weight is 489 g/mol. The summed E-state index contributed by atoms with van der Waals surface area (Å²) in [5.41, 5.74) is 0.757. The Bertz CT molecular complexity index is 1260. The van der Waals surface area contributed by atoms with Crippen molar-refractivity contribution in [3.8, 4) is 5.75 Å². The second-order valence-electron chi connectivity index (χ2n) is 10.3. The van der Waals surface area contributed by atoms with Gasteiger partial charge in [0, 0.05) is 6.54 Å². The van der Waals surface area contributed by atoms with Crippen LogP contribution in [0.3, 0.4) is 0 Å². The van der Waals surface area contributed by atoms with Crippen molar-refractivity contribution in [3.05, 3.63) is 77.4 Å². The quantitative estimate of drug-likeness (QED) is 0.286. The first-order chi connectivity index (χ1) is 17.1. The largest absolute Gasteiger partial charge is 0.493 e. The number of carbonyl (C=O) groups excluding carboxylic acids is 2. The first-order valence-corrected chi connectivity index (χ1v) is 12.8. The van der Waals surface area contributed by atoms with Gasteiger partial charge in [-0.2, -0.15) is 0 Å². The lowest BCUT2D eigenvalue weighted by molar-refractivity contribution is -0.131. The van der Waals surface area contributed by atoms with Gasteiger partial charge in [-0.05, 0) is 85.7 Å². The zero-order valence-corrected chi connectivity index (χ0v) is 21.6. The van der Waals surface area contributed by atoms with E-state index >= 15 is 0 Å². The van der Waals surface area contributed by atoms with Gasteiger partial charge in [-0.3, -0.25) is 9.69 Å². The van der Waals surface area contributed by atoms with E-state index in [9.17, 15) is 14.7 Å². The molecule has 3 aromatic rings. The van der Waals surface area contributed by atoms with E-state index in [-0.39, 0.29) is 11.9 Å². The van der Waals surface area contributed by atoms with Crippen LogP contribution in [0, 0.1) is 0 Å². The van der Waals surface area contributed by atoms with Crippen LogP contribution in [0.4, 0.5) is 4.79 Å². The molecule has 2 N–H and O–H groups in total. The summed E-state index contributed by atoms with van der Waals surface area (Å²) in [4.78, 5) is 27.3. The van der Waals surface area contributed by atoms with Crippen molar-refractivity contribution in [3.63, 3.8) is 0 Å². The van der Waals surface area contributed by atoms with Crippen molar-refractivity contribution in [2.45, 2.75) is 64.5 Å². The van der Waals surface area contributed by atoms with Gasteiger partial charge in [0.1, 0.15) is 11.3 Å². The number of hydrogen-bond acceptors (Lipinski definition) is 4. The third kappa shape index (κ3) is 5.24. The van der Waals surface area contributed by atoms with Crippen LogP contribution in [0.15, 0.2) is 60.7 Å². The number of hydrogen-bond donors (Lipinski definition) is 2. The van der Waals surface area contributed by atoms with Gasteiger partial charge in [-0.25, -0.2) is 4.79 Å². The summed E-state index contributed by atoms with van der Waals surface area (Å²) >= 11 is 0. The Morgan fingerprint density at radius 3 is 2.47 bits per heavy atom. The molecule has 1 aliphatic rings. The Morgan fingerprint density at radius 1 is 1.00 bits per heavy atom. The van der Waals surface area contributed by atoms with E-state index in [0.29, 0.717) is 26.0 Å². The Labute approximate surface area is 213 Å². The third-order valence-electron chi connectivity index (χ3n) is 6.92. The normalized spacial score (nSPS) is 18.1. The first-order valence-electron chi connectivity index (χ1n) is 12.8. The van der Waals surface area contributed by atoms with Crippen LogP contribution < -0.4 is 10.1 Å². The fraction of sp³-hybridized carbons (Fsp3) is 0.400. The summed E-state index contributed by atoms with van der Waals surface area (Å²) in [5, 5.41) is 15.3. The summed E-state index contributed by atoms with van der Waals surface area (Å²) in [7, 11) is 0. The Kier molecular flexibility index (Phi) is 7.36. The molecular formula is C30H36N2O4. The Balaban J connectivity index is 1.34. The topological polar surface area (TPSA) is 78.9 Å². The molecular weight excluding hydrogens is 452 g/mol. The molecule has 1 atom stereocenters. The van der Waals surface area contributed by atoms with Gasteiger partial charge in [0.05, 0.1) is 12.2 Å². The molecule has 36 heavy (non-hydrogen) atoms. The number of rotatable bonds is 10. The minimum Gasteiger partial charge on any atom is -0.493 e. The van der Waals surface area contributed by atoms with Crippen LogP contribution >= 0.6 is 0 Å². The van der Waals surface area contributed by atoms with Gasteiger partial charge >= 0.3 is 6.03 Å². The van der Waals surface area contributed by atoms with E-state index in [2.05, 4.69) is 12.2 Å². The molecule has 0 aromatic heterocycles. The standard InChI is InChI=1S/C30H36N2O4/c1-5-10-23-20-24(29(2,3)35)15-16-26(23)36-18-9-8-17-32-27(33)30(4,31-28(32)34)25-14-13-21-11-6-7-12-22(21)19-25/h6-7,11-16,19-20,35H,5,8-10,17-18H2,1-4H3,(H,31,34). The highest BCUT2D eigenvalue weighted by molar-refractivity contribution is 6.07. The maximum Gasteiger partial charge on any atom is 0.325 e. The monoisotopic (exact) mass is 488 g/mol. The molecule has 3 amide bonds. The number of ether oxygens (including phenoxy) is 1. The molecule has 0 spiro atoms. The Morgan fingerprint density at radius 2 is 1.75 bits per heavy atom. The van der Waals surface area contributed by atoms with E-state index in [1.165, 1.54) is 4.90 Å². The van der Waals surface area contributed by atoms with Gasteiger partial charge in [0.15, 0.2) is 0 Å². The highest BCUT2D eigenvalue weighted by Crippen LogP contribution is 2.31. The summed E-state index contributed by atoms with van der Waals surface area (Å²) < 4.78 is 6.04. The van der Waals surface area contributed by atoms with Gasteiger partial charge in [-0.1, -0.05) is 55.8 Å². The number of amides is 3. The first kappa shape index (κ1) is 25.7. The summed E-state index contributed by atoms with van der Waals surface area (Å²) in [6.07, 6.45) is 3.21. The van der Waals surface area contributed by atoms with E-state index in [0.717, 1.165) is 46.1 Å². The minimum atomic E-state index is -1.07. The zero-order valence-electron chi connectivity index (χ0n) is 21.6. The average Bonchev–Trinajstić information content (AvgIpc) is 3.07. The van der Waals surface area contributed by atoms with Crippen molar-refractivity contribution >= 4 is 22.7 Å². The number of fused-ring (bicyclic) bond motifs is 1. The summed E-state index contributed by atoms with van der Waals surface area (Å²) in [5.74, 6) is 0.597. The molecule has 190 valence electrons. The number of nitrogens with zero attached hydrogens (tertiary/aromatic N) is 1. The van der Waals surface area contributed by atoms with Crippen molar-refractivity contribution in [2.75, 3.05) is 13.2 Å². The molecule has 1 aliphatic heterocycles. The molecule has 0 saturated carbocycles. The number of aryl methyl sites for hydroxylation is 1. The predicted octanol–water partition coefficient (Wildman–Crippen LogP) is 5.65. The predicted molar refractivity (Wildman–Crippen MR) is 142 cm³/mol. The summed E-state index contributed by atoms with van der Waals surface area (Å²) in [6.45, 7) is 8.27. The van der Waals surface area contributed by atoms with E-state index in [1.807, 2.05) is 60.7 Å². The zero-order chi connectivity index (χ0) is 25.9. The fourth-order valence-electron chi connectivity index (χ4n) is 4.72. The highest BCUT2D eigenvalue weighted by Gasteiger charge is 2.48. The fourth-order valence-corrected chi connectivity index (χ4v) is 4.72. The van der Waals surface area contributed by atoms with Crippen LogP contribution in [0.2, 0.25) is 0 Å². The molecule has 1 unspecified atom stereocenters. The maximum atomic E-state index is 13.3. The molecule has 3 aromatic carbocycles. The van der Waals surface area contributed by atoms with E-state index < -0.39 is 11.1 Å². The molecule has 1 heterocycles. The molecule has 0 bridgehead atoms. The number of urea groups is 1. The second-order valence-corrected chi connectivity index (χ2v) is 10.3. The number of nitrogens with one attached hydrogen (secondary N) is 1. The second kappa shape index (κ2) is 10.3. The molecule has 6 nitrogen and oxygen atoms in total. The number of carbonyl (C=O) groups is 2. The Hall–Kier alpha value is -3.38. The molecule has 1 fully saturated rings. The van der Waals surface area contributed by atoms with Crippen LogP contribution in [-0.4, -0.2) is 35.1 Å². The van der Waals surface area contributed by atoms with Gasteiger partial charge in [0.25, 0.3) is 5.91 Å². The van der Waals surface area contributed by atoms with Crippen LogP contribution in [0.1, 0.15) is 63.6 Å². The SMILES string of the molecule is CCCc1cc(C(C)(C)O)ccc1OCCCCN1C(=O)NC(C)(c2ccc3ccccc3c2)C1=O. The number of aliphatic hydroxyl groups is 1. The lowest BCUT2D eigenvalue weighted by Crippen LogP contribution is -2.41. The van der Waals surface area contributed by atoms with Crippen molar-refractivity contribution < 1.29 is 19.4 Å². The molecule has 4 rings (SSSR count). The van der Waals surface area contributed by atoms with Gasteiger partial charge in [-0.15, -0.1) is 0 Å². The van der Waals surface area contributed by atoms with Crippen molar-refractivity contribution in [1.29, 1.82) is 0 Å². The number of benzene rings is 3. The third-order valence-corrected chi connectivity index (χ3v) is 6.92. The minimum absolute atomic E-state index is 0.226. The maximum absolute atomic E-state index is 13.3. The van der Waals surface area contributed by atoms with Gasteiger partial charge in [0.2, 0.25) is 0 Å². The molecule has 1 saturated heterocycles. The highest BCUT2D eigenvalue weighted by atomic mass is 16.5. The number of unbranched alkanes of at least 4 members (excludes halogenated alkanes) is 1. The molecule has 0 radical (unpaired) electrons. The lowest BCUT2D eigenvalue weighted by Gasteiger charge is -2.23. The van der Waals surface area contributed by atoms with Crippen molar-refractivity contribution in [2.24, 2.45) is 0 Å². The van der Waals surface area contributed by atoms with Crippen LogP contribution in [0.25, 0.3) is 10.8 Å². The van der Waals surface area contributed by atoms with Crippen molar-refractivity contribution in [1.82, 2.24) is 10.2 Å². The molecule has 6 heteroatoms. The van der Waals surface area contributed by atoms with Crippen LogP contribution in [-0.2, 0) is 22.4 Å². The van der Waals surface area contributed by atoms with E-state index in [1.54, 1.807) is 20.8 Å². The van der Waals surface area contributed by atoms with Crippen LogP contribution in [0.5, 0.6) is 5.75 Å². The number of imide groups is 1. The molecule has 0 aliphatic carbocycles.